The van der Waals surface area contributed by atoms with Gasteiger partial charge in [0.15, 0.2) is 0 Å². The maximum Gasteiger partial charge on any atom is 0.232 e. The van der Waals surface area contributed by atoms with Crippen molar-refractivity contribution in [3.63, 3.8) is 0 Å². The van der Waals surface area contributed by atoms with Crippen LogP contribution in [0, 0.1) is 13.8 Å². The van der Waals surface area contributed by atoms with Gasteiger partial charge in [-0.25, -0.2) is 8.42 Å². The summed E-state index contributed by atoms with van der Waals surface area (Å²) >= 11 is 0. The van der Waals surface area contributed by atoms with Crippen molar-refractivity contribution in [3.8, 4) is 0 Å². The van der Waals surface area contributed by atoms with E-state index in [-0.39, 0.29) is 5.75 Å². The molecular formula is C12H20N2O2S. The number of aryl methyl sites for hydroxylation is 2. The molecule has 2 N–H and O–H groups in total. The summed E-state index contributed by atoms with van der Waals surface area (Å²) in [7, 11) is -1.42. The third kappa shape index (κ3) is 5.19. The van der Waals surface area contributed by atoms with E-state index < -0.39 is 10.0 Å². The molecule has 0 saturated heterocycles. The molecule has 0 bridgehead atoms. The van der Waals surface area contributed by atoms with Gasteiger partial charge >= 0.3 is 0 Å². The van der Waals surface area contributed by atoms with Crippen molar-refractivity contribution in [3.05, 3.63) is 29.3 Å². The van der Waals surface area contributed by atoms with Gasteiger partial charge in [-0.05, 0) is 57.1 Å². The molecule has 0 saturated carbocycles. The highest BCUT2D eigenvalue weighted by molar-refractivity contribution is 7.92. The van der Waals surface area contributed by atoms with Crippen LogP contribution >= 0.6 is 0 Å². The summed E-state index contributed by atoms with van der Waals surface area (Å²) in [5.74, 6) is 0.140. The van der Waals surface area contributed by atoms with Crippen molar-refractivity contribution in [2.24, 2.45) is 0 Å². The molecule has 0 heterocycles. The van der Waals surface area contributed by atoms with E-state index in [2.05, 4.69) is 10.0 Å². The minimum atomic E-state index is -3.23. The highest BCUT2D eigenvalue weighted by Gasteiger charge is 2.10. The van der Waals surface area contributed by atoms with Crippen molar-refractivity contribution in [1.29, 1.82) is 0 Å². The number of hydrogen-bond donors (Lipinski definition) is 2. The lowest BCUT2D eigenvalue weighted by molar-refractivity contribution is 0.597. The lowest BCUT2D eigenvalue weighted by Crippen LogP contribution is -2.20. The Bertz CT molecular complexity index is 449. The minimum absolute atomic E-state index is 0.140. The van der Waals surface area contributed by atoms with Gasteiger partial charge in [-0.1, -0.05) is 6.07 Å². The molecule has 0 aromatic heterocycles. The quantitative estimate of drug-likeness (QED) is 0.761. The maximum absolute atomic E-state index is 11.8. The van der Waals surface area contributed by atoms with Crippen LogP contribution in [0.3, 0.4) is 0 Å². The fourth-order valence-corrected chi connectivity index (χ4v) is 2.81. The third-order valence-electron chi connectivity index (χ3n) is 2.33. The van der Waals surface area contributed by atoms with Crippen LogP contribution in [0.1, 0.15) is 17.5 Å². The van der Waals surface area contributed by atoms with E-state index in [9.17, 15) is 8.42 Å². The number of anilines is 1. The summed E-state index contributed by atoms with van der Waals surface area (Å²) < 4.78 is 26.1. The molecule has 17 heavy (non-hydrogen) atoms. The summed E-state index contributed by atoms with van der Waals surface area (Å²) in [4.78, 5) is 0. The zero-order chi connectivity index (χ0) is 12.9. The third-order valence-corrected chi connectivity index (χ3v) is 3.71. The number of hydrogen-bond acceptors (Lipinski definition) is 3. The van der Waals surface area contributed by atoms with Crippen LogP contribution in [0.15, 0.2) is 18.2 Å². The predicted octanol–water partition coefficient (Wildman–Crippen LogP) is 1.65. The van der Waals surface area contributed by atoms with Gasteiger partial charge in [0.05, 0.1) is 5.75 Å². The van der Waals surface area contributed by atoms with Crippen molar-refractivity contribution in [2.75, 3.05) is 24.1 Å². The van der Waals surface area contributed by atoms with Crippen molar-refractivity contribution in [1.82, 2.24) is 5.32 Å². The Morgan fingerprint density at radius 2 is 1.71 bits per heavy atom. The van der Waals surface area contributed by atoms with Gasteiger partial charge in [-0.3, -0.25) is 4.72 Å². The summed E-state index contributed by atoms with van der Waals surface area (Å²) in [6.45, 7) is 4.60. The van der Waals surface area contributed by atoms with E-state index in [1.54, 1.807) is 0 Å². The van der Waals surface area contributed by atoms with Gasteiger partial charge in [-0.15, -0.1) is 0 Å². The number of rotatable bonds is 6. The molecule has 0 aliphatic rings. The van der Waals surface area contributed by atoms with Crippen molar-refractivity contribution < 1.29 is 8.42 Å². The fraction of sp³-hybridized carbons (Fsp3) is 0.500. The molecule has 0 radical (unpaired) electrons. The molecule has 0 amide bonds. The Kier molecular flexibility index (Phi) is 4.96. The van der Waals surface area contributed by atoms with Gasteiger partial charge in [0.2, 0.25) is 10.0 Å². The molecule has 0 aliphatic heterocycles. The van der Waals surface area contributed by atoms with E-state index in [0.717, 1.165) is 11.1 Å². The zero-order valence-electron chi connectivity index (χ0n) is 10.6. The lowest BCUT2D eigenvalue weighted by atomic mass is 10.1. The van der Waals surface area contributed by atoms with Crippen LogP contribution in [-0.4, -0.2) is 27.8 Å². The first-order chi connectivity index (χ1) is 7.93. The maximum atomic E-state index is 11.8. The van der Waals surface area contributed by atoms with Crippen LogP contribution in [0.4, 0.5) is 5.69 Å². The second-order valence-corrected chi connectivity index (χ2v) is 6.10. The Hall–Kier alpha value is -1.07. The average molecular weight is 256 g/mol. The Morgan fingerprint density at radius 1 is 1.12 bits per heavy atom. The van der Waals surface area contributed by atoms with E-state index >= 15 is 0 Å². The Labute approximate surface area is 103 Å². The second-order valence-electron chi connectivity index (χ2n) is 4.25. The van der Waals surface area contributed by atoms with Gasteiger partial charge in [0, 0.05) is 5.69 Å². The van der Waals surface area contributed by atoms with Crippen LogP contribution in [-0.2, 0) is 10.0 Å². The molecule has 4 nitrogen and oxygen atoms in total. The molecule has 0 atom stereocenters. The Morgan fingerprint density at radius 3 is 2.24 bits per heavy atom. The normalized spacial score (nSPS) is 11.5. The molecular weight excluding hydrogens is 236 g/mol. The number of benzene rings is 1. The van der Waals surface area contributed by atoms with E-state index in [1.165, 1.54) is 0 Å². The second kappa shape index (κ2) is 6.02. The average Bonchev–Trinajstić information content (AvgIpc) is 2.14. The van der Waals surface area contributed by atoms with Gasteiger partial charge < -0.3 is 5.32 Å². The standard InChI is InChI=1S/C12H20N2O2S/c1-10-7-11(2)9-12(8-10)14-17(15,16)6-4-5-13-3/h7-9,13-14H,4-6H2,1-3H3. The monoisotopic (exact) mass is 256 g/mol. The summed E-state index contributed by atoms with van der Waals surface area (Å²) in [5, 5.41) is 2.93. The van der Waals surface area contributed by atoms with E-state index in [0.29, 0.717) is 18.7 Å². The van der Waals surface area contributed by atoms with Crippen molar-refractivity contribution >= 4 is 15.7 Å². The fourth-order valence-electron chi connectivity index (χ4n) is 1.70. The van der Waals surface area contributed by atoms with E-state index in [4.69, 9.17) is 0 Å². The molecule has 1 aromatic carbocycles. The SMILES string of the molecule is CNCCCS(=O)(=O)Nc1cc(C)cc(C)c1. The van der Waals surface area contributed by atoms with Crippen LogP contribution in [0.2, 0.25) is 0 Å². The van der Waals surface area contributed by atoms with Gasteiger partial charge in [0.1, 0.15) is 0 Å². The Balaban J connectivity index is 2.69. The van der Waals surface area contributed by atoms with Gasteiger partial charge in [-0.2, -0.15) is 0 Å². The highest BCUT2D eigenvalue weighted by Crippen LogP contribution is 2.15. The zero-order valence-corrected chi connectivity index (χ0v) is 11.4. The molecule has 0 fully saturated rings. The molecule has 0 unspecified atom stereocenters. The number of sulfonamides is 1. The highest BCUT2D eigenvalue weighted by atomic mass is 32.2. The lowest BCUT2D eigenvalue weighted by Gasteiger charge is -2.09. The number of nitrogens with one attached hydrogen (secondary N) is 2. The minimum Gasteiger partial charge on any atom is -0.320 e. The summed E-state index contributed by atoms with van der Waals surface area (Å²) in [6.07, 6.45) is 0.608. The molecule has 5 heteroatoms. The van der Waals surface area contributed by atoms with E-state index in [1.807, 2.05) is 39.1 Å². The largest absolute Gasteiger partial charge is 0.320 e. The van der Waals surface area contributed by atoms with Crippen LogP contribution in [0.25, 0.3) is 0 Å². The topological polar surface area (TPSA) is 58.2 Å². The molecule has 1 aromatic rings. The smallest absolute Gasteiger partial charge is 0.232 e. The first-order valence-electron chi connectivity index (χ1n) is 5.66. The summed E-state index contributed by atoms with van der Waals surface area (Å²) in [6, 6.07) is 5.68. The molecule has 1 rings (SSSR count). The first kappa shape index (κ1) is 14.0. The van der Waals surface area contributed by atoms with Crippen LogP contribution < -0.4 is 10.0 Å². The first-order valence-corrected chi connectivity index (χ1v) is 7.31. The van der Waals surface area contributed by atoms with Crippen LogP contribution in [0.5, 0.6) is 0 Å². The molecule has 96 valence electrons. The molecule has 0 spiro atoms. The molecule has 0 aliphatic carbocycles. The summed E-state index contributed by atoms with van der Waals surface area (Å²) in [5.41, 5.74) is 2.75. The predicted molar refractivity (Wildman–Crippen MR) is 71.9 cm³/mol. The van der Waals surface area contributed by atoms with Crippen molar-refractivity contribution in [2.45, 2.75) is 20.3 Å². The van der Waals surface area contributed by atoms with Gasteiger partial charge in [0.25, 0.3) is 0 Å².